The first-order chi connectivity index (χ1) is 9.09. The van der Waals surface area contributed by atoms with Crippen LogP contribution in [0.25, 0.3) is 0 Å². The Morgan fingerprint density at radius 3 is 2.63 bits per heavy atom. The minimum atomic E-state index is -0.481. The molecule has 1 aromatic heterocycles. The maximum absolute atomic E-state index is 13.1. The van der Waals surface area contributed by atoms with Crippen LogP contribution in [0.2, 0.25) is 0 Å². The van der Waals surface area contributed by atoms with Crippen molar-refractivity contribution in [1.29, 1.82) is 0 Å². The van der Waals surface area contributed by atoms with Crippen LogP contribution in [0, 0.1) is 9.39 Å². The molecule has 0 aliphatic carbocycles. The van der Waals surface area contributed by atoms with Crippen LogP contribution in [0.1, 0.15) is 20.8 Å². The van der Waals surface area contributed by atoms with E-state index in [1.165, 1.54) is 24.4 Å². The first-order valence-electron chi connectivity index (χ1n) is 5.38. The number of anilines is 1. The molecule has 3 rings (SSSR count). The number of rotatable bonds is 1. The van der Waals surface area contributed by atoms with Crippen molar-refractivity contribution in [3.05, 3.63) is 57.2 Å². The zero-order valence-electron chi connectivity index (χ0n) is 9.43. The molecule has 4 nitrogen and oxygen atoms in total. The van der Waals surface area contributed by atoms with Crippen molar-refractivity contribution in [3.63, 3.8) is 0 Å². The highest BCUT2D eigenvalue weighted by molar-refractivity contribution is 14.1. The van der Waals surface area contributed by atoms with Gasteiger partial charge in [-0.1, -0.05) is 0 Å². The van der Waals surface area contributed by atoms with Gasteiger partial charge < -0.3 is 0 Å². The molecule has 0 N–H and O–H groups in total. The molecule has 94 valence electrons. The minimum Gasteiger partial charge on any atom is -0.268 e. The summed E-state index contributed by atoms with van der Waals surface area (Å²) in [4.78, 5) is 29.4. The SMILES string of the molecule is O=C1c2cccnc2C(=O)N1c1ccc(F)cc1I. The van der Waals surface area contributed by atoms with Gasteiger partial charge in [-0.25, -0.2) is 9.29 Å². The number of hydrogen-bond donors (Lipinski definition) is 0. The Hall–Kier alpha value is -1.83. The number of pyridine rings is 1. The molecular formula is C13H6FIN2O2. The van der Waals surface area contributed by atoms with E-state index < -0.39 is 17.6 Å². The van der Waals surface area contributed by atoms with Gasteiger partial charge in [0.1, 0.15) is 11.5 Å². The number of nitrogens with zero attached hydrogens (tertiary/aromatic N) is 2. The van der Waals surface area contributed by atoms with E-state index in [-0.39, 0.29) is 11.3 Å². The fourth-order valence-electron chi connectivity index (χ4n) is 1.95. The summed E-state index contributed by atoms with van der Waals surface area (Å²) in [6.07, 6.45) is 1.46. The van der Waals surface area contributed by atoms with Gasteiger partial charge in [0.05, 0.1) is 11.3 Å². The Labute approximate surface area is 121 Å². The van der Waals surface area contributed by atoms with Crippen molar-refractivity contribution < 1.29 is 14.0 Å². The zero-order chi connectivity index (χ0) is 13.6. The van der Waals surface area contributed by atoms with Crippen molar-refractivity contribution in [2.24, 2.45) is 0 Å². The van der Waals surface area contributed by atoms with Gasteiger partial charge in [-0.15, -0.1) is 0 Å². The van der Waals surface area contributed by atoms with E-state index in [0.29, 0.717) is 9.26 Å². The molecule has 0 atom stereocenters. The highest BCUT2D eigenvalue weighted by Crippen LogP contribution is 2.30. The molecular weight excluding hydrogens is 362 g/mol. The molecule has 1 aliphatic heterocycles. The monoisotopic (exact) mass is 368 g/mol. The Morgan fingerprint density at radius 1 is 1.16 bits per heavy atom. The number of aromatic nitrogens is 1. The van der Waals surface area contributed by atoms with Crippen molar-refractivity contribution in [2.45, 2.75) is 0 Å². The largest absolute Gasteiger partial charge is 0.284 e. The van der Waals surface area contributed by atoms with Gasteiger partial charge in [-0.3, -0.25) is 14.6 Å². The summed E-state index contributed by atoms with van der Waals surface area (Å²) >= 11 is 1.89. The van der Waals surface area contributed by atoms with Gasteiger partial charge in [-0.2, -0.15) is 0 Å². The third-order valence-electron chi connectivity index (χ3n) is 2.80. The van der Waals surface area contributed by atoms with Crippen molar-refractivity contribution >= 4 is 40.1 Å². The predicted octanol–water partition coefficient (Wildman–Crippen LogP) is 2.63. The van der Waals surface area contributed by atoms with Gasteiger partial charge in [0, 0.05) is 9.77 Å². The van der Waals surface area contributed by atoms with E-state index in [9.17, 15) is 14.0 Å². The predicted molar refractivity (Wildman–Crippen MR) is 74.5 cm³/mol. The second-order valence-electron chi connectivity index (χ2n) is 3.94. The van der Waals surface area contributed by atoms with E-state index in [4.69, 9.17) is 0 Å². The summed E-state index contributed by atoms with van der Waals surface area (Å²) in [5.74, 6) is -1.33. The van der Waals surface area contributed by atoms with Crippen LogP contribution in [-0.2, 0) is 0 Å². The van der Waals surface area contributed by atoms with Gasteiger partial charge in [0.25, 0.3) is 11.8 Å². The Kier molecular flexibility index (Phi) is 2.81. The maximum Gasteiger partial charge on any atom is 0.284 e. The maximum atomic E-state index is 13.1. The fourth-order valence-corrected chi connectivity index (χ4v) is 2.67. The van der Waals surface area contributed by atoms with Gasteiger partial charge >= 0.3 is 0 Å². The van der Waals surface area contributed by atoms with Crippen LogP contribution in [0.15, 0.2) is 36.5 Å². The lowest BCUT2D eigenvalue weighted by atomic mass is 10.2. The lowest BCUT2D eigenvalue weighted by molar-refractivity contribution is 0.0924. The molecule has 0 spiro atoms. The van der Waals surface area contributed by atoms with Crippen molar-refractivity contribution in [3.8, 4) is 0 Å². The smallest absolute Gasteiger partial charge is 0.268 e. The highest BCUT2D eigenvalue weighted by atomic mass is 127. The molecule has 0 radical (unpaired) electrons. The Morgan fingerprint density at radius 2 is 1.95 bits per heavy atom. The Bertz CT molecular complexity index is 683. The second kappa shape index (κ2) is 4.37. The van der Waals surface area contributed by atoms with Crippen molar-refractivity contribution in [2.75, 3.05) is 4.90 Å². The first kappa shape index (κ1) is 12.2. The molecule has 0 fully saturated rings. The number of carbonyl (C=O) groups excluding carboxylic acids is 2. The molecule has 6 heteroatoms. The van der Waals surface area contributed by atoms with E-state index >= 15 is 0 Å². The van der Waals surface area contributed by atoms with E-state index in [2.05, 4.69) is 4.98 Å². The summed E-state index contributed by atoms with van der Waals surface area (Å²) in [5.41, 5.74) is 0.773. The lowest BCUT2D eigenvalue weighted by Gasteiger charge is -2.15. The summed E-state index contributed by atoms with van der Waals surface area (Å²) in [6, 6.07) is 7.06. The molecule has 1 aliphatic rings. The van der Waals surface area contributed by atoms with E-state index in [0.717, 1.165) is 4.90 Å². The Balaban J connectivity index is 2.14. The van der Waals surface area contributed by atoms with Gasteiger partial charge in [0.15, 0.2) is 0 Å². The van der Waals surface area contributed by atoms with Gasteiger partial charge in [0.2, 0.25) is 0 Å². The topological polar surface area (TPSA) is 50.3 Å². The molecule has 0 saturated heterocycles. The van der Waals surface area contributed by atoms with Crippen molar-refractivity contribution in [1.82, 2.24) is 4.98 Å². The third-order valence-corrected chi connectivity index (χ3v) is 3.66. The van der Waals surface area contributed by atoms with Crippen LogP contribution in [0.3, 0.4) is 0 Å². The highest BCUT2D eigenvalue weighted by Gasteiger charge is 2.38. The second-order valence-corrected chi connectivity index (χ2v) is 5.10. The molecule has 19 heavy (non-hydrogen) atoms. The summed E-state index contributed by atoms with van der Waals surface area (Å²) in [7, 11) is 0. The molecule has 2 aromatic rings. The van der Waals surface area contributed by atoms with E-state index in [1.54, 1.807) is 12.1 Å². The molecule has 0 saturated carbocycles. The van der Waals surface area contributed by atoms with Crippen LogP contribution in [0.5, 0.6) is 0 Å². The molecule has 1 aromatic carbocycles. The zero-order valence-corrected chi connectivity index (χ0v) is 11.6. The van der Waals surface area contributed by atoms with Crippen LogP contribution in [-0.4, -0.2) is 16.8 Å². The van der Waals surface area contributed by atoms with Crippen LogP contribution < -0.4 is 4.90 Å². The van der Waals surface area contributed by atoms with Crippen LogP contribution >= 0.6 is 22.6 Å². The summed E-state index contributed by atoms with van der Waals surface area (Å²) in [5, 5.41) is 0. The average molecular weight is 368 g/mol. The van der Waals surface area contributed by atoms with E-state index in [1.807, 2.05) is 22.6 Å². The lowest BCUT2D eigenvalue weighted by Crippen LogP contribution is -2.30. The number of imide groups is 1. The normalized spacial score (nSPS) is 13.9. The summed E-state index contributed by atoms with van der Waals surface area (Å²) in [6.45, 7) is 0. The number of amides is 2. The fraction of sp³-hybridized carbons (Fsp3) is 0. The number of hydrogen-bond acceptors (Lipinski definition) is 3. The molecule has 0 bridgehead atoms. The molecule has 2 heterocycles. The number of fused-ring (bicyclic) bond motifs is 1. The third kappa shape index (κ3) is 1.83. The number of carbonyl (C=O) groups is 2. The minimum absolute atomic E-state index is 0.132. The first-order valence-corrected chi connectivity index (χ1v) is 6.46. The number of halogens is 2. The molecule has 2 amide bonds. The van der Waals surface area contributed by atoms with Crippen LogP contribution in [0.4, 0.5) is 10.1 Å². The quantitative estimate of drug-likeness (QED) is 0.575. The number of benzene rings is 1. The average Bonchev–Trinajstić information content (AvgIpc) is 2.64. The molecule has 0 unspecified atom stereocenters. The summed E-state index contributed by atoms with van der Waals surface area (Å²) < 4.78 is 13.6. The standard InChI is InChI=1S/C13H6FIN2O2/c14-7-3-4-10(9(15)6-7)17-12(18)8-2-1-5-16-11(8)13(17)19/h1-6H. The van der Waals surface area contributed by atoms with Gasteiger partial charge in [-0.05, 0) is 52.9 Å².